The highest BCUT2D eigenvalue weighted by Gasteiger charge is 1.71. The first kappa shape index (κ1) is 30.1. The summed E-state index contributed by atoms with van der Waals surface area (Å²) in [7, 11) is 3.75. The topological polar surface area (TPSA) is 12.0 Å². The maximum absolute atomic E-state index is 3.60. The Hall–Kier alpha value is -0.300. The summed E-state index contributed by atoms with van der Waals surface area (Å²) in [5.41, 5.74) is 0. The van der Waals surface area contributed by atoms with E-state index in [-0.39, 0.29) is 0 Å². The van der Waals surface area contributed by atoms with E-state index in [4.69, 9.17) is 0 Å². The van der Waals surface area contributed by atoms with Crippen LogP contribution in [0.5, 0.6) is 0 Å². The predicted molar refractivity (Wildman–Crippen MR) is 88.0 cm³/mol. The summed E-state index contributed by atoms with van der Waals surface area (Å²) in [6.45, 7) is 18.3. The third-order valence-corrected chi connectivity index (χ3v) is 0.762. The third kappa shape index (κ3) is 404. The van der Waals surface area contributed by atoms with Crippen molar-refractivity contribution >= 4 is 0 Å². The van der Waals surface area contributed by atoms with Crippen molar-refractivity contribution in [3.8, 4) is 0 Å². The Morgan fingerprint density at radius 2 is 1.12 bits per heavy atom. The van der Waals surface area contributed by atoms with Gasteiger partial charge in [-0.15, -0.1) is 6.58 Å². The summed E-state index contributed by atoms with van der Waals surface area (Å²) >= 11 is 0. The van der Waals surface area contributed by atoms with Crippen LogP contribution >= 0.6 is 0 Å². The van der Waals surface area contributed by atoms with Crippen molar-refractivity contribution in [1.82, 2.24) is 5.32 Å². The molecule has 0 saturated heterocycles. The average molecular weight is 248 g/mol. The zero-order valence-electron chi connectivity index (χ0n) is 14.3. The molecule has 17 heavy (non-hydrogen) atoms. The van der Waals surface area contributed by atoms with Gasteiger partial charge < -0.3 is 5.32 Å². The van der Waals surface area contributed by atoms with Crippen LogP contribution < -0.4 is 5.32 Å². The van der Waals surface area contributed by atoms with Crippen molar-refractivity contribution in [1.29, 1.82) is 0 Å². The molecule has 0 radical (unpaired) electrons. The lowest BCUT2D eigenvalue weighted by Gasteiger charge is -1.81. The molecule has 0 saturated carbocycles. The molecule has 0 aromatic carbocycles. The monoisotopic (exact) mass is 247 g/mol. The molecule has 1 nitrogen and oxygen atoms in total. The highest BCUT2D eigenvalue weighted by molar-refractivity contribution is 4.64. The molecule has 0 aliphatic heterocycles. The molecule has 110 valence electrons. The summed E-state index contributed by atoms with van der Waals surface area (Å²) in [5.74, 6) is 0. The van der Waals surface area contributed by atoms with E-state index >= 15 is 0 Å². The van der Waals surface area contributed by atoms with Gasteiger partial charge in [-0.1, -0.05) is 80.2 Å². The summed E-state index contributed by atoms with van der Waals surface area (Å²) < 4.78 is 0. The van der Waals surface area contributed by atoms with E-state index < -0.39 is 0 Å². The summed E-state index contributed by atoms with van der Waals surface area (Å²) in [6, 6.07) is 0. The fourth-order valence-electron chi connectivity index (χ4n) is 0.348. The number of allylic oxidation sites excluding steroid dienone is 1. The quantitative estimate of drug-likeness (QED) is 0.472. The number of hydrogen-bond donors (Lipinski definition) is 1. The standard InChI is InChI=1S/C6H12.2C3H8.C2H7N.C2H6/c1-3-5-6-4-2;3*1-3-2;1-2/h3H,1,4-6H2,2H3;2*3H2,1-2H3;3H,1-2H3;1-2H3. The Balaban J connectivity index is -0.0000000380. The van der Waals surface area contributed by atoms with Crippen LogP contribution in [0.25, 0.3) is 0 Å². The highest BCUT2D eigenvalue weighted by atomic mass is 14.7. The van der Waals surface area contributed by atoms with E-state index in [9.17, 15) is 0 Å². The van der Waals surface area contributed by atoms with Crippen LogP contribution in [0.3, 0.4) is 0 Å². The molecule has 0 bridgehead atoms. The molecule has 0 unspecified atom stereocenters. The largest absolute Gasteiger partial charge is 0.323 e. The van der Waals surface area contributed by atoms with Crippen LogP contribution in [-0.4, -0.2) is 14.1 Å². The number of hydrogen-bond acceptors (Lipinski definition) is 1. The second-order valence-electron chi connectivity index (χ2n) is 3.35. The molecule has 0 atom stereocenters. The average Bonchev–Trinajstić information content (AvgIpc) is 2.32. The van der Waals surface area contributed by atoms with Crippen LogP contribution in [0, 0.1) is 0 Å². The Labute approximate surface area is 113 Å². The van der Waals surface area contributed by atoms with Crippen LogP contribution in [0.1, 0.15) is 80.6 Å². The Kier molecular flexibility index (Phi) is 134. The van der Waals surface area contributed by atoms with E-state index in [1.165, 1.54) is 32.1 Å². The molecule has 0 spiro atoms. The molecule has 0 fully saturated rings. The van der Waals surface area contributed by atoms with Crippen molar-refractivity contribution in [3.63, 3.8) is 0 Å². The van der Waals surface area contributed by atoms with Gasteiger partial charge in [0, 0.05) is 0 Å². The molecule has 0 heterocycles. The molecule has 0 aromatic heterocycles. The number of nitrogens with one attached hydrogen (secondary N) is 1. The molecule has 0 aromatic rings. The van der Waals surface area contributed by atoms with Crippen molar-refractivity contribution in [2.45, 2.75) is 80.6 Å². The summed E-state index contributed by atoms with van der Waals surface area (Å²) in [4.78, 5) is 0. The maximum atomic E-state index is 3.60. The van der Waals surface area contributed by atoms with Crippen molar-refractivity contribution in [2.24, 2.45) is 0 Å². The maximum Gasteiger partial charge on any atom is -0.0167 e. The molecule has 0 rings (SSSR count). The molecule has 0 aliphatic carbocycles. The zero-order valence-corrected chi connectivity index (χ0v) is 14.3. The molecule has 0 aliphatic rings. The van der Waals surface area contributed by atoms with E-state index in [1.807, 2.05) is 34.0 Å². The molecule has 0 amide bonds. The van der Waals surface area contributed by atoms with Gasteiger partial charge in [0.25, 0.3) is 0 Å². The van der Waals surface area contributed by atoms with Crippen LogP contribution in [0.15, 0.2) is 12.7 Å². The van der Waals surface area contributed by atoms with Crippen molar-refractivity contribution < 1.29 is 0 Å². The number of rotatable bonds is 3. The van der Waals surface area contributed by atoms with Gasteiger partial charge in [-0.25, -0.2) is 0 Å². The Morgan fingerprint density at radius 3 is 1.18 bits per heavy atom. The van der Waals surface area contributed by atoms with Gasteiger partial charge in [-0.2, -0.15) is 0 Å². The van der Waals surface area contributed by atoms with E-state index in [0.717, 1.165) is 0 Å². The van der Waals surface area contributed by atoms with E-state index in [1.54, 1.807) is 0 Å². The molecular formula is C16H41N. The summed E-state index contributed by atoms with van der Waals surface area (Å²) in [5, 5.41) is 2.75. The third-order valence-electron chi connectivity index (χ3n) is 0.762. The Morgan fingerprint density at radius 1 is 0.882 bits per heavy atom. The first-order valence-corrected chi connectivity index (χ1v) is 7.35. The van der Waals surface area contributed by atoms with Crippen LogP contribution in [0.4, 0.5) is 0 Å². The number of unbranched alkanes of at least 4 members (excludes halogenated alkanes) is 2. The van der Waals surface area contributed by atoms with Gasteiger partial charge in [0.15, 0.2) is 0 Å². The minimum Gasteiger partial charge on any atom is -0.323 e. The lowest BCUT2D eigenvalue weighted by molar-refractivity contribution is 0.816. The van der Waals surface area contributed by atoms with Gasteiger partial charge >= 0.3 is 0 Å². The molecule has 1 heteroatoms. The Bertz CT molecular complexity index is 55.8. The lowest BCUT2D eigenvalue weighted by Crippen LogP contribution is -1.89. The molecule has 1 N–H and O–H groups in total. The van der Waals surface area contributed by atoms with Gasteiger partial charge in [0.1, 0.15) is 0 Å². The molecular weight excluding hydrogens is 206 g/mol. The second-order valence-corrected chi connectivity index (χ2v) is 3.35. The van der Waals surface area contributed by atoms with Gasteiger partial charge in [0.2, 0.25) is 0 Å². The van der Waals surface area contributed by atoms with Gasteiger partial charge in [-0.3, -0.25) is 0 Å². The van der Waals surface area contributed by atoms with Gasteiger partial charge in [-0.05, 0) is 20.5 Å². The van der Waals surface area contributed by atoms with Crippen molar-refractivity contribution in [3.05, 3.63) is 12.7 Å². The van der Waals surface area contributed by atoms with Crippen molar-refractivity contribution in [2.75, 3.05) is 14.1 Å². The van der Waals surface area contributed by atoms with Crippen LogP contribution in [0.2, 0.25) is 0 Å². The smallest absolute Gasteiger partial charge is 0.0167 e. The minimum absolute atomic E-state index is 1.18. The van der Waals surface area contributed by atoms with Crippen LogP contribution in [-0.2, 0) is 0 Å². The fourth-order valence-corrected chi connectivity index (χ4v) is 0.348. The predicted octanol–water partition coefficient (Wildman–Crippen LogP) is 6.06. The lowest BCUT2D eigenvalue weighted by atomic mass is 10.3. The first-order chi connectivity index (χ1) is 8.16. The van der Waals surface area contributed by atoms with E-state index in [2.05, 4.69) is 46.5 Å². The minimum atomic E-state index is 1.18. The highest BCUT2D eigenvalue weighted by Crippen LogP contribution is 1.91. The summed E-state index contributed by atoms with van der Waals surface area (Å²) in [6.07, 6.45) is 8.22. The fraction of sp³-hybridized carbons (Fsp3) is 0.875. The van der Waals surface area contributed by atoms with Gasteiger partial charge in [0.05, 0.1) is 0 Å². The second kappa shape index (κ2) is 75.6. The SMILES string of the molecule is C=CCCCC.CC.CCC.CCC.CNC. The zero-order chi connectivity index (χ0) is 14.9. The normalized spacial score (nSPS) is 6.41. The van der Waals surface area contributed by atoms with E-state index in [0.29, 0.717) is 0 Å². The first-order valence-electron chi connectivity index (χ1n) is 7.35.